The second-order valence-electron chi connectivity index (χ2n) is 4.72. The Kier molecular flexibility index (Phi) is 5.77. The van der Waals surface area contributed by atoms with Gasteiger partial charge in [-0.2, -0.15) is 0 Å². The standard InChI is InChI=1S/C17H16F2N2O/c18-16(19)13-21(12-15-5-2-1-3-6-15)17(22)9-8-14-7-4-10-20-11-14/h1-11,16H,12-13H2/b9-8-. The number of nitrogens with zero attached hydrogens (tertiary/aromatic N) is 2. The van der Waals surface area contributed by atoms with E-state index < -0.39 is 18.9 Å². The number of aromatic nitrogens is 1. The first-order chi connectivity index (χ1) is 10.6. The van der Waals surface area contributed by atoms with Gasteiger partial charge in [0.05, 0.1) is 6.54 Å². The maximum Gasteiger partial charge on any atom is 0.255 e. The van der Waals surface area contributed by atoms with Gasteiger partial charge in [-0.25, -0.2) is 8.78 Å². The number of halogens is 2. The lowest BCUT2D eigenvalue weighted by atomic mass is 10.2. The maximum absolute atomic E-state index is 12.7. The van der Waals surface area contributed by atoms with Gasteiger partial charge in [-0.3, -0.25) is 9.78 Å². The van der Waals surface area contributed by atoms with Crippen LogP contribution in [0.3, 0.4) is 0 Å². The van der Waals surface area contributed by atoms with E-state index in [2.05, 4.69) is 4.98 Å². The van der Waals surface area contributed by atoms with Gasteiger partial charge in [0.25, 0.3) is 6.43 Å². The predicted octanol–water partition coefficient (Wildman–Crippen LogP) is 3.39. The number of alkyl halides is 2. The summed E-state index contributed by atoms with van der Waals surface area (Å²) in [5.41, 5.74) is 1.55. The van der Waals surface area contributed by atoms with Gasteiger partial charge in [0.2, 0.25) is 5.91 Å². The molecule has 0 fully saturated rings. The molecule has 0 radical (unpaired) electrons. The maximum atomic E-state index is 12.7. The van der Waals surface area contributed by atoms with Crippen molar-refractivity contribution in [3.05, 3.63) is 72.1 Å². The first kappa shape index (κ1) is 15.8. The van der Waals surface area contributed by atoms with Crippen molar-refractivity contribution in [2.24, 2.45) is 0 Å². The molecule has 2 aromatic rings. The highest BCUT2D eigenvalue weighted by Crippen LogP contribution is 2.09. The molecule has 0 spiro atoms. The molecule has 1 aromatic carbocycles. The van der Waals surface area contributed by atoms with Crippen molar-refractivity contribution in [2.75, 3.05) is 6.54 Å². The summed E-state index contributed by atoms with van der Waals surface area (Å²) in [5.74, 6) is -0.451. The number of carbonyl (C=O) groups is 1. The van der Waals surface area contributed by atoms with Crippen LogP contribution < -0.4 is 0 Å². The number of hydrogen-bond acceptors (Lipinski definition) is 2. The van der Waals surface area contributed by atoms with E-state index in [0.29, 0.717) is 0 Å². The van der Waals surface area contributed by atoms with Crippen molar-refractivity contribution >= 4 is 12.0 Å². The summed E-state index contributed by atoms with van der Waals surface area (Å²) in [6.07, 6.45) is 3.51. The second kappa shape index (κ2) is 8.02. The summed E-state index contributed by atoms with van der Waals surface area (Å²) < 4.78 is 25.4. The topological polar surface area (TPSA) is 33.2 Å². The summed E-state index contributed by atoms with van der Waals surface area (Å²) in [6.45, 7) is -0.438. The van der Waals surface area contributed by atoms with E-state index in [4.69, 9.17) is 0 Å². The van der Waals surface area contributed by atoms with E-state index >= 15 is 0 Å². The Labute approximate surface area is 127 Å². The number of pyridine rings is 1. The summed E-state index contributed by atoms with van der Waals surface area (Å²) >= 11 is 0. The average Bonchev–Trinajstić information content (AvgIpc) is 2.53. The normalized spacial score (nSPS) is 11.0. The first-order valence-corrected chi connectivity index (χ1v) is 6.84. The van der Waals surface area contributed by atoms with Gasteiger partial charge in [0, 0.05) is 25.0 Å². The third-order valence-electron chi connectivity index (χ3n) is 2.99. The Morgan fingerprint density at radius 2 is 1.95 bits per heavy atom. The molecule has 0 bridgehead atoms. The van der Waals surface area contributed by atoms with Gasteiger partial charge in [-0.1, -0.05) is 36.4 Å². The lowest BCUT2D eigenvalue weighted by Gasteiger charge is -2.20. The molecule has 22 heavy (non-hydrogen) atoms. The lowest BCUT2D eigenvalue weighted by molar-refractivity contribution is -0.128. The van der Waals surface area contributed by atoms with Crippen molar-refractivity contribution in [3.8, 4) is 0 Å². The fourth-order valence-corrected chi connectivity index (χ4v) is 1.95. The number of amides is 1. The zero-order chi connectivity index (χ0) is 15.8. The lowest BCUT2D eigenvalue weighted by Crippen LogP contribution is -2.33. The minimum absolute atomic E-state index is 0.154. The molecule has 0 saturated carbocycles. The molecular weight excluding hydrogens is 286 g/mol. The molecule has 0 aliphatic carbocycles. The van der Waals surface area contributed by atoms with Crippen molar-refractivity contribution in [1.82, 2.24) is 9.88 Å². The van der Waals surface area contributed by atoms with Crippen LogP contribution in [0.15, 0.2) is 60.9 Å². The zero-order valence-electron chi connectivity index (χ0n) is 11.9. The highest BCUT2D eigenvalue weighted by molar-refractivity contribution is 5.91. The van der Waals surface area contributed by atoms with Crippen LogP contribution in [0, 0.1) is 0 Å². The van der Waals surface area contributed by atoms with Crippen molar-refractivity contribution in [3.63, 3.8) is 0 Å². The SMILES string of the molecule is O=C(/C=C\c1cccnc1)N(Cc1ccccc1)CC(F)F. The number of benzene rings is 1. The average molecular weight is 302 g/mol. The molecular formula is C17H16F2N2O. The number of rotatable bonds is 6. The molecule has 114 valence electrons. The van der Waals surface area contributed by atoms with Crippen molar-refractivity contribution in [1.29, 1.82) is 0 Å². The largest absolute Gasteiger partial charge is 0.329 e. The van der Waals surface area contributed by atoms with Crippen LogP contribution in [0.1, 0.15) is 11.1 Å². The highest BCUT2D eigenvalue weighted by atomic mass is 19.3. The second-order valence-corrected chi connectivity index (χ2v) is 4.72. The smallest absolute Gasteiger partial charge is 0.255 e. The van der Waals surface area contributed by atoms with Crippen LogP contribution in [0.25, 0.3) is 6.08 Å². The third kappa shape index (κ3) is 5.09. The molecule has 2 rings (SSSR count). The van der Waals surface area contributed by atoms with E-state index in [1.165, 1.54) is 6.08 Å². The van der Waals surface area contributed by atoms with Crippen LogP contribution in [0.2, 0.25) is 0 Å². The van der Waals surface area contributed by atoms with Gasteiger partial charge in [-0.15, -0.1) is 0 Å². The van der Waals surface area contributed by atoms with E-state index in [1.54, 1.807) is 42.7 Å². The summed E-state index contributed by atoms with van der Waals surface area (Å²) in [4.78, 5) is 17.2. The minimum atomic E-state index is -2.57. The zero-order valence-corrected chi connectivity index (χ0v) is 11.9. The summed E-state index contributed by atoms with van der Waals surface area (Å²) in [5, 5.41) is 0. The van der Waals surface area contributed by atoms with Gasteiger partial charge < -0.3 is 4.90 Å². The summed E-state index contributed by atoms with van der Waals surface area (Å²) in [6, 6.07) is 12.6. The van der Waals surface area contributed by atoms with Crippen LogP contribution in [-0.2, 0) is 11.3 Å². The van der Waals surface area contributed by atoms with Crippen molar-refractivity contribution < 1.29 is 13.6 Å². The van der Waals surface area contributed by atoms with Gasteiger partial charge in [0.1, 0.15) is 0 Å². The Hall–Kier alpha value is -2.56. The number of carbonyl (C=O) groups excluding carboxylic acids is 1. The Morgan fingerprint density at radius 3 is 2.59 bits per heavy atom. The molecule has 0 aliphatic heterocycles. The quantitative estimate of drug-likeness (QED) is 0.766. The van der Waals surface area contributed by atoms with Crippen LogP contribution in [-0.4, -0.2) is 28.8 Å². The van der Waals surface area contributed by atoms with Crippen LogP contribution in [0.4, 0.5) is 8.78 Å². The van der Waals surface area contributed by atoms with Gasteiger partial charge in [-0.05, 0) is 23.3 Å². The fourth-order valence-electron chi connectivity index (χ4n) is 1.95. The molecule has 0 N–H and O–H groups in total. The minimum Gasteiger partial charge on any atom is -0.329 e. The molecule has 0 aliphatic rings. The highest BCUT2D eigenvalue weighted by Gasteiger charge is 2.16. The van der Waals surface area contributed by atoms with Gasteiger partial charge in [0.15, 0.2) is 0 Å². The third-order valence-corrected chi connectivity index (χ3v) is 2.99. The predicted molar refractivity (Wildman–Crippen MR) is 81.1 cm³/mol. The van der Waals surface area contributed by atoms with E-state index in [-0.39, 0.29) is 6.54 Å². The van der Waals surface area contributed by atoms with E-state index in [9.17, 15) is 13.6 Å². The number of hydrogen-bond donors (Lipinski definition) is 0. The Bertz CT molecular complexity index is 615. The van der Waals surface area contributed by atoms with Crippen LogP contribution >= 0.6 is 0 Å². The molecule has 1 aromatic heterocycles. The molecule has 0 saturated heterocycles. The van der Waals surface area contributed by atoms with E-state index in [1.807, 2.05) is 18.2 Å². The molecule has 5 heteroatoms. The van der Waals surface area contributed by atoms with Crippen molar-refractivity contribution in [2.45, 2.75) is 13.0 Å². The molecule has 3 nitrogen and oxygen atoms in total. The van der Waals surface area contributed by atoms with Gasteiger partial charge >= 0.3 is 0 Å². The first-order valence-electron chi connectivity index (χ1n) is 6.84. The Balaban J connectivity index is 2.07. The molecule has 1 heterocycles. The molecule has 0 atom stereocenters. The fraction of sp³-hybridized carbons (Fsp3) is 0.176. The van der Waals surface area contributed by atoms with Crippen LogP contribution in [0.5, 0.6) is 0 Å². The molecule has 0 unspecified atom stereocenters. The molecule has 1 amide bonds. The monoisotopic (exact) mass is 302 g/mol. The summed E-state index contributed by atoms with van der Waals surface area (Å²) in [7, 11) is 0. The Morgan fingerprint density at radius 1 is 1.18 bits per heavy atom. The van der Waals surface area contributed by atoms with E-state index in [0.717, 1.165) is 16.0 Å².